The topological polar surface area (TPSA) is 89.5 Å². The van der Waals surface area contributed by atoms with Crippen molar-refractivity contribution in [3.63, 3.8) is 0 Å². The fraction of sp³-hybridized carbons (Fsp3) is 0.619. The van der Waals surface area contributed by atoms with Gasteiger partial charge >= 0.3 is 6.09 Å². The summed E-state index contributed by atoms with van der Waals surface area (Å²) in [6.07, 6.45) is 1.37. The summed E-state index contributed by atoms with van der Waals surface area (Å²) < 4.78 is 37.8. The van der Waals surface area contributed by atoms with E-state index >= 15 is 0 Å². The third-order valence-electron chi connectivity index (χ3n) is 5.95. The number of nitrogens with one attached hydrogen (secondary N) is 1. The van der Waals surface area contributed by atoms with E-state index in [1.54, 1.807) is 18.0 Å². The number of aryl methyl sites for hydroxylation is 1. The van der Waals surface area contributed by atoms with Gasteiger partial charge in [-0.25, -0.2) is 23.5 Å². The van der Waals surface area contributed by atoms with E-state index in [0.717, 1.165) is 5.69 Å². The van der Waals surface area contributed by atoms with Gasteiger partial charge in [0, 0.05) is 62.0 Å². The number of halogens is 2. The summed E-state index contributed by atoms with van der Waals surface area (Å²) >= 11 is 1.44. The van der Waals surface area contributed by atoms with E-state index in [4.69, 9.17) is 9.47 Å². The monoisotopic (exact) mass is 467 g/mol. The lowest BCUT2D eigenvalue weighted by molar-refractivity contribution is -0.0361. The van der Waals surface area contributed by atoms with Crippen LogP contribution < -0.4 is 10.1 Å². The van der Waals surface area contributed by atoms with E-state index < -0.39 is 5.92 Å². The van der Waals surface area contributed by atoms with Gasteiger partial charge in [0.2, 0.25) is 11.8 Å². The van der Waals surface area contributed by atoms with E-state index in [9.17, 15) is 13.6 Å². The van der Waals surface area contributed by atoms with Crippen molar-refractivity contribution in [3.05, 3.63) is 17.1 Å². The summed E-state index contributed by atoms with van der Waals surface area (Å²) in [6, 6.07) is 1.68. The van der Waals surface area contributed by atoms with Crippen LogP contribution in [0.1, 0.15) is 44.2 Å². The summed E-state index contributed by atoms with van der Waals surface area (Å²) in [6.45, 7) is 1.90. The van der Waals surface area contributed by atoms with Crippen molar-refractivity contribution in [2.45, 2.75) is 69.6 Å². The van der Waals surface area contributed by atoms with Crippen LogP contribution in [0.3, 0.4) is 0 Å². The maximum absolute atomic E-state index is 13.5. The summed E-state index contributed by atoms with van der Waals surface area (Å²) in [5.74, 6) is -1.21. The molecule has 4 rings (SSSR count). The summed E-state index contributed by atoms with van der Waals surface area (Å²) in [5, 5.41) is 5.87. The van der Waals surface area contributed by atoms with Gasteiger partial charge in [0.15, 0.2) is 10.8 Å². The zero-order valence-electron chi connectivity index (χ0n) is 18.3. The first kappa shape index (κ1) is 22.6. The Kier molecular flexibility index (Phi) is 6.45. The van der Waals surface area contributed by atoms with Gasteiger partial charge < -0.3 is 19.7 Å². The standard InChI is InChI=1S/C21H27F2N5O3S/c1-12-11-32-19(24-12)18-26-16(25-13-4-6-21(22,23)7-5-13)10-17(27-18)31-15-8-14(9-15)28(2)20(29)30-3/h10-11,13-15H,4-9H2,1-3H3,(H,25,26,27). The van der Waals surface area contributed by atoms with Crippen LogP contribution in [0.25, 0.3) is 10.8 Å². The van der Waals surface area contributed by atoms with Crippen LogP contribution in [0.5, 0.6) is 5.88 Å². The van der Waals surface area contributed by atoms with Crippen LogP contribution in [0, 0.1) is 6.92 Å². The Morgan fingerprint density at radius 3 is 2.59 bits per heavy atom. The maximum Gasteiger partial charge on any atom is 0.409 e. The number of aromatic nitrogens is 3. The minimum Gasteiger partial charge on any atom is -0.474 e. The van der Waals surface area contributed by atoms with Crippen LogP contribution in [0.15, 0.2) is 11.4 Å². The molecule has 1 amide bonds. The number of rotatable bonds is 6. The van der Waals surface area contributed by atoms with E-state index in [0.29, 0.717) is 48.2 Å². The van der Waals surface area contributed by atoms with Crippen molar-refractivity contribution in [2.75, 3.05) is 19.5 Å². The second kappa shape index (κ2) is 9.13. The first-order chi connectivity index (χ1) is 15.2. The molecule has 0 radical (unpaired) electrons. The predicted molar refractivity (Wildman–Crippen MR) is 116 cm³/mol. The van der Waals surface area contributed by atoms with E-state index in [-0.39, 0.29) is 37.1 Å². The predicted octanol–water partition coefficient (Wildman–Crippen LogP) is 4.51. The highest BCUT2D eigenvalue weighted by atomic mass is 32.1. The van der Waals surface area contributed by atoms with Crippen molar-refractivity contribution in [1.82, 2.24) is 19.9 Å². The third kappa shape index (κ3) is 5.25. The molecule has 2 fully saturated rings. The lowest BCUT2D eigenvalue weighted by Gasteiger charge is -2.39. The molecule has 2 aromatic rings. The van der Waals surface area contributed by atoms with Crippen LogP contribution in [-0.4, -0.2) is 64.2 Å². The van der Waals surface area contributed by atoms with Crippen molar-refractivity contribution >= 4 is 23.2 Å². The van der Waals surface area contributed by atoms with Crippen LogP contribution >= 0.6 is 11.3 Å². The molecule has 2 aliphatic carbocycles. The van der Waals surface area contributed by atoms with Crippen molar-refractivity contribution in [2.24, 2.45) is 0 Å². The molecule has 2 aromatic heterocycles. The molecule has 2 aliphatic rings. The average Bonchev–Trinajstić information content (AvgIpc) is 3.17. The smallest absolute Gasteiger partial charge is 0.409 e. The number of alkyl halides is 2. The Hall–Kier alpha value is -2.56. The van der Waals surface area contributed by atoms with Gasteiger partial charge in [0.25, 0.3) is 0 Å². The minimum absolute atomic E-state index is 0.0527. The number of hydrogen-bond donors (Lipinski definition) is 1. The molecule has 11 heteroatoms. The van der Waals surface area contributed by atoms with Gasteiger partial charge in [-0.15, -0.1) is 11.3 Å². The molecule has 0 bridgehead atoms. The van der Waals surface area contributed by atoms with Gasteiger partial charge in [0.05, 0.1) is 7.11 Å². The molecule has 0 spiro atoms. The highest BCUT2D eigenvalue weighted by Crippen LogP contribution is 2.35. The van der Waals surface area contributed by atoms with E-state index in [1.165, 1.54) is 18.4 Å². The summed E-state index contributed by atoms with van der Waals surface area (Å²) in [7, 11) is 3.06. The summed E-state index contributed by atoms with van der Waals surface area (Å²) in [4.78, 5) is 26.8. The molecular formula is C21H27F2N5O3S. The molecule has 0 unspecified atom stereocenters. The molecule has 0 aliphatic heterocycles. The normalized spacial score (nSPS) is 22.7. The Morgan fingerprint density at radius 1 is 1.25 bits per heavy atom. The Balaban J connectivity index is 1.47. The van der Waals surface area contributed by atoms with Gasteiger partial charge in [-0.2, -0.15) is 4.98 Å². The fourth-order valence-electron chi connectivity index (χ4n) is 3.92. The lowest BCUT2D eigenvalue weighted by atomic mass is 9.88. The number of nitrogens with zero attached hydrogens (tertiary/aromatic N) is 4. The molecule has 2 saturated carbocycles. The maximum atomic E-state index is 13.5. The minimum atomic E-state index is -2.58. The molecule has 8 nitrogen and oxygen atoms in total. The van der Waals surface area contributed by atoms with Crippen LogP contribution in [0.4, 0.5) is 19.4 Å². The van der Waals surface area contributed by atoms with Crippen molar-refractivity contribution < 1.29 is 23.0 Å². The van der Waals surface area contributed by atoms with E-state index in [2.05, 4.69) is 20.3 Å². The fourth-order valence-corrected chi connectivity index (χ4v) is 4.65. The summed E-state index contributed by atoms with van der Waals surface area (Å²) in [5.41, 5.74) is 0.872. The number of hydrogen-bond acceptors (Lipinski definition) is 8. The molecule has 32 heavy (non-hydrogen) atoms. The average molecular weight is 468 g/mol. The molecule has 0 aromatic carbocycles. The van der Waals surface area contributed by atoms with Gasteiger partial charge in [0.1, 0.15) is 11.9 Å². The second-order valence-electron chi connectivity index (χ2n) is 8.43. The molecule has 0 atom stereocenters. The Morgan fingerprint density at radius 2 is 1.97 bits per heavy atom. The Labute approximate surface area is 189 Å². The Bertz CT molecular complexity index is 957. The zero-order valence-corrected chi connectivity index (χ0v) is 19.1. The number of ether oxygens (including phenoxy) is 2. The van der Waals surface area contributed by atoms with Crippen LogP contribution in [0.2, 0.25) is 0 Å². The zero-order chi connectivity index (χ0) is 22.9. The first-order valence-corrected chi connectivity index (χ1v) is 11.5. The van der Waals surface area contributed by atoms with Gasteiger partial charge in [-0.3, -0.25) is 0 Å². The molecule has 2 heterocycles. The van der Waals surface area contributed by atoms with Crippen LogP contribution in [-0.2, 0) is 4.74 Å². The van der Waals surface area contributed by atoms with Crippen molar-refractivity contribution in [3.8, 4) is 16.7 Å². The number of amides is 1. The van der Waals surface area contributed by atoms with Crippen molar-refractivity contribution in [1.29, 1.82) is 0 Å². The third-order valence-corrected chi connectivity index (χ3v) is 6.91. The lowest BCUT2D eigenvalue weighted by Crippen LogP contribution is -2.49. The SMILES string of the molecule is COC(=O)N(C)C1CC(Oc2cc(NC3CCC(F)(F)CC3)nc(-c3nc(C)cs3)n2)C1. The number of thiazole rings is 1. The van der Waals surface area contributed by atoms with Gasteiger partial charge in [-0.1, -0.05) is 0 Å². The first-order valence-electron chi connectivity index (χ1n) is 10.7. The number of carbonyl (C=O) groups excluding carboxylic acids is 1. The quantitative estimate of drug-likeness (QED) is 0.669. The number of carbonyl (C=O) groups is 1. The molecular weight excluding hydrogens is 440 g/mol. The highest BCUT2D eigenvalue weighted by molar-refractivity contribution is 7.13. The second-order valence-corrected chi connectivity index (χ2v) is 9.29. The highest BCUT2D eigenvalue weighted by Gasteiger charge is 2.37. The number of anilines is 1. The largest absolute Gasteiger partial charge is 0.474 e. The number of methoxy groups -OCH3 is 1. The van der Waals surface area contributed by atoms with E-state index in [1.807, 2.05) is 12.3 Å². The molecule has 0 saturated heterocycles. The van der Waals surface area contributed by atoms with Gasteiger partial charge in [-0.05, 0) is 19.8 Å². The molecule has 174 valence electrons. The molecule has 1 N–H and O–H groups in total.